The molecule has 0 aliphatic carbocycles. The Kier molecular flexibility index (Phi) is 3.57. The summed E-state index contributed by atoms with van der Waals surface area (Å²) in [5.41, 5.74) is 1.38. The van der Waals surface area contributed by atoms with Crippen molar-refractivity contribution in [1.29, 1.82) is 0 Å². The summed E-state index contributed by atoms with van der Waals surface area (Å²) in [6, 6.07) is 9.21. The van der Waals surface area contributed by atoms with E-state index in [2.05, 4.69) is 9.98 Å². The van der Waals surface area contributed by atoms with Gasteiger partial charge in [0.25, 0.3) is 0 Å². The van der Waals surface area contributed by atoms with Crippen molar-refractivity contribution < 1.29 is 9.50 Å². The van der Waals surface area contributed by atoms with Gasteiger partial charge in [-0.1, -0.05) is 29.3 Å². The zero-order chi connectivity index (χ0) is 15.0. The first-order valence-electron chi connectivity index (χ1n) is 6.04. The largest absolute Gasteiger partial charge is 0.494 e. The molecule has 0 bridgehead atoms. The van der Waals surface area contributed by atoms with Gasteiger partial charge in [0.15, 0.2) is 5.88 Å². The molecule has 0 saturated carbocycles. The Morgan fingerprint density at radius 1 is 1.14 bits per heavy atom. The monoisotopic (exact) mass is 322 g/mol. The summed E-state index contributed by atoms with van der Waals surface area (Å²) < 4.78 is 13.3. The van der Waals surface area contributed by atoms with E-state index in [1.165, 1.54) is 18.3 Å². The smallest absolute Gasteiger partial charge is 0.198 e. The topological polar surface area (TPSA) is 48.4 Å². The van der Waals surface area contributed by atoms with E-state index in [-0.39, 0.29) is 5.88 Å². The minimum atomic E-state index is -0.396. The van der Waals surface area contributed by atoms with E-state index in [4.69, 9.17) is 23.2 Å². The molecule has 1 aromatic heterocycles. The second-order valence-corrected chi connectivity index (χ2v) is 5.22. The van der Waals surface area contributed by atoms with Crippen molar-refractivity contribution in [3.63, 3.8) is 0 Å². The second kappa shape index (κ2) is 5.39. The van der Waals surface area contributed by atoms with E-state index in [9.17, 15) is 9.50 Å². The molecule has 0 spiro atoms. The molecule has 0 amide bonds. The van der Waals surface area contributed by atoms with Gasteiger partial charge in [-0.25, -0.2) is 4.39 Å². The fraction of sp³-hybridized carbons (Fsp3) is 0. The van der Waals surface area contributed by atoms with Crippen LogP contribution in [0.3, 0.4) is 0 Å². The van der Waals surface area contributed by atoms with Crippen LogP contribution in [-0.4, -0.2) is 16.3 Å². The number of H-pyrrole nitrogens is 1. The van der Waals surface area contributed by atoms with Crippen molar-refractivity contribution in [3.8, 4) is 5.88 Å². The molecule has 6 heteroatoms. The minimum absolute atomic E-state index is 0.0949. The van der Waals surface area contributed by atoms with Crippen molar-refractivity contribution in [2.24, 2.45) is 4.99 Å². The molecule has 106 valence electrons. The number of halogens is 3. The molecule has 0 unspecified atom stereocenters. The number of nitrogens with one attached hydrogen (secondary N) is 1. The number of rotatable bonds is 2. The predicted molar refractivity (Wildman–Crippen MR) is 83.6 cm³/mol. The van der Waals surface area contributed by atoms with Crippen LogP contribution in [0.1, 0.15) is 5.56 Å². The molecule has 1 heterocycles. The molecule has 0 saturated heterocycles. The number of aromatic nitrogens is 1. The molecule has 0 fully saturated rings. The van der Waals surface area contributed by atoms with Crippen LogP contribution in [0, 0.1) is 5.82 Å². The summed E-state index contributed by atoms with van der Waals surface area (Å²) in [6.45, 7) is 0. The highest BCUT2D eigenvalue weighted by molar-refractivity contribution is 6.38. The van der Waals surface area contributed by atoms with Crippen LogP contribution < -0.4 is 0 Å². The molecule has 0 radical (unpaired) electrons. The van der Waals surface area contributed by atoms with Gasteiger partial charge in [0.05, 0.1) is 15.6 Å². The summed E-state index contributed by atoms with van der Waals surface area (Å²) in [5.74, 6) is -0.491. The van der Waals surface area contributed by atoms with Crippen LogP contribution in [0.25, 0.3) is 10.9 Å². The van der Waals surface area contributed by atoms with E-state index in [1.54, 1.807) is 24.3 Å². The fourth-order valence-corrected chi connectivity index (χ4v) is 2.54. The average Bonchev–Trinajstić information content (AvgIpc) is 2.74. The molecule has 3 nitrogen and oxygen atoms in total. The lowest BCUT2D eigenvalue weighted by molar-refractivity contribution is 0.457. The van der Waals surface area contributed by atoms with E-state index < -0.39 is 5.82 Å². The Hall–Kier alpha value is -2.04. The van der Waals surface area contributed by atoms with Gasteiger partial charge in [-0.05, 0) is 30.3 Å². The zero-order valence-electron chi connectivity index (χ0n) is 10.6. The number of benzene rings is 2. The number of hydrogen-bond acceptors (Lipinski definition) is 2. The maximum atomic E-state index is 13.3. The first-order valence-corrected chi connectivity index (χ1v) is 6.80. The number of aromatic amines is 1. The third-order valence-corrected chi connectivity index (χ3v) is 3.65. The third kappa shape index (κ3) is 2.60. The molecule has 0 aliphatic rings. The lowest BCUT2D eigenvalue weighted by atomic mass is 10.2. The Morgan fingerprint density at radius 3 is 2.57 bits per heavy atom. The number of aliphatic imine (C=N–C) groups is 1. The number of aromatic hydroxyl groups is 1. The van der Waals surface area contributed by atoms with Gasteiger partial charge in [0.2, 0.25) is 0 Å². The first-order chi connectivity index (χ1) is 10.1. The fourth-order valence-electron chi connectivity index (χ4n) is 2.04. The van der Waals surface area contributed by atoms with Gasteiger partial charge in [-0.15, -0.1) is 0 Å². The lowest BCUT2D eigenvalue weighted by Crippen LogP contribution is -1.81. The number of nitrogens with zero attached hydrogens (tertiary/aromatic N) is 1. The quantitative estimate of drug-likeness (QED) is 0.636. The summed E-state index contributed by atoms with van der Waals surface area (Å²) in [4.78, 5) is 6.95. The third-order valence-electron chi connectivity index (χ3n) is 3.04. The SMILES string of the molecule is Oc1[nH]c2ccc(F)cc2c1C=Nc1c(Cl)cccc1Cl. The Morgan fingerprint density at radius 2 is 1.86 bits per heavy atom. The molecule has 3 rings (SSSR count). The van der Waals surface area contributed by atoms with Crippen LogP contribution in [0.15, 0.2) is 41.4 Å². The highest BCUT2D eigenvalue weighted by Gasteiger charge is 2.10. The number of hydrogen-bond donors (Lipinski definition) is 2. The van der Waals surface area contributed by atoms with Gasteiger partial charge in [-0.3, -0.25) is 4.99 Å². The Labute approximate surface area is 129 Å². The van der Waals surface area contributed by atoms with Gasteiger partial charge in [0.1, 0.15) is 11.5 Å². The van der Waals surface area contributed by atoms with Crippen LogP contribution in [-0.2, 0) is 0 Å². The average molecular weight is 323 g/mol. The normalized spacial score (nSPS) is 11.6. The van der Waals surface area contributed by atoms with Gasteiger partial charge in [-0.2, -0.15) is 0 Å². The predicted octanol–water partition coefficient (Wildman–Crippen LogP) is 5.07. The molecule has 3 aromatic rings. The first kappa shape index (κ1) is 13.9. The van der Waals surface area contributed by atoms with Crippen molar-refractivity contribution in [2.75, 3.05) is 0 Å². The van der Waals surface area contributed by atoms with Crippen LogP contribution >= 0.6 is 23.2 Å². The second-order valence-electron chi connectivity index (χ2n) is 4.41. The highest BCUT2D eigenvalue weighted by Crippen LogP contribution is 2.33. The maximum Gasteiger partial charge on any atom is 0.198 e. The Balaban J connectivity index is 2.11. The number of fused-ring (bicyclic) bond motifs is 1. The molecule has 2 N–H and O–H groups in total. The van der Waals surface area contributed by atoms with E-state index >= 15 is 0 Å². The lowest BCUT2D eigenvalue weighted by Gasteiger charge is -2.00. The molecule has 0 aliphatic heterocycles. The molecule has 2 aromatic carbocycles. The standard InChI is InChI=1S/C15H9Cl2FN2O/c16-11-2-1-3-12(17)14(11)19-7-10-9-6-8(18)4-5-13(9)20-15(10)21/h1-7,20-21H. The number of para-hydroxylation sites is 1. The van der Waals surface area contributed by atoms with Crippen LogP contribution in [0.2, 0.25) is 10.0 Å². The van der Waals surface area contributed by atoms with E-state index in [0.717, 1.165) is 0 Å². The summed E-state index contributed by atoms with van der Waals surface area (Å²) in [6.07, 6.45) is 1.40. The minimum Gasteiger partial charge on any atom is -0.494 e. The highest BCUT2D eigenvalue weighted by atomic mass is 35.5. The maximum absolute atomic E-state index is 13.3. The van der Waals surface area contributed by atoms with Crippen LogP contribution in [0.4, 0.5) is 10.1 Å². The summed E-state index contributed by atoms with van der Waals surface area (Å²) >= 11 is 12.0. The van der Waals surface area contributed by atoms with E-state index in [1.807, 2.05) is 0 Å². The van der Waals surface area contributed by atoms with Crippen LogP contribution in [0.5, 0.6) is 5.88 Å². The van der Waals surface area contributed by atoms with Crippen molar-refractivity contribution >= 4 is 46.0 Å². The molecular formula is C15H9Cl2FN2O. The zero-order valence-corrected chi connectivity index (χ0v) is 12.1. The van der Waals surface area contributed by atoms with Crippen molar-refractivity contribution in [3.05, 3.63) is 57.8 Å². The van der Waals surface area contributed by atoms with Gasteiger partial charge >= 0.3 is 0 Å². The van der Waals surface area contributed by atoms with Gasteiger partial charge in [0, 0.05) is 17.1 Å². The van der Waals surface area contributed by atoms with Crippen molar-refractivity contribution in [1.82, 2.24) is 4.98 Å². The summed E-state index contributed by atoms with van der Waals surface area (Å²) in [5, 5.41) is 11.2. The van der Waals surface area contributed by atoms with E-state index in [0.29, 0.717) is 32.2 Å². The van der Waals surface area contributed by atoms with Gasteiger partial charge < -0.3 is 10.1 Å². The molecule has 0 atom stereocenters. The van der Waals surface area contributed by atoms with Crippen molar-refractivity contribution in [2.45, 2.75) is 0 Å². The molecule has 21 heavy (non-hydrogen) atoms. The summed E-state index contributed by atoms with van der Waals surface area (Å²) in [7, 11) is 0. The Bertz CT molecular complexity index is 838. The molecular weight excluding hydrogens is 314 g/mol.